The van der Waals surface area contributed by atoms with Crippen molar-refractivity contribution in [3.05, 3.63) is 258 Å². The minimum Gasteiger partial charge on any atom is -0.415 e. The van der Waals surface area contributed by atoms with Gasteiger partial charge in [0.2, 0.25) is 5.91 Å². The third kappa shape index (κ3) is 22.6. The lowest BCUT2D eigenvalue weighted by molar-refractivity contribution is -0.141. The van der Waals surface area contributed by atoms with Gasteiger partial charge in [-0.3, -0.25) is 29.3 Å². The molecule has 114 heavy (non-hydrogen) atoms. The zero-order valence-corrected chi connectivity index (χ0v) is 63.2. The van der Waals surface area contributed by atoms with Gasteiger partial charge < -0.3 is 49.2 Å². The van der Waals surface area contributed by atoms with Crippen molar-refractivity contribution < 1.29 is 67.9 Å². The third-order valence-corrected chi connectivity index (χ3v) is 18.0. The molecule has 584 valence electrons. The van der Waals surface area contributed by atoms with Crippen LogP contribution >= 0.6 is 11.3 Å². The molecule has 12 rings (SSSR count). The molecule has 1 atom stereocenters. The van der Waals surface area contributed by atoms with E-state index in [0.717, 1.165) is 77.0 Å². The number of imidazole rings is 3. The number of nitrogens with one attached hydrogen (secondary N) is 3. The SMILES string of the molecule is Cc1ccc(C(=O)Cc2cc(-n3cnc(C#N)c3)cc(C(F)(F)F)n2)cc1C#Cc1cnc(NC(=O)CN(C)C)o1.Cc1ccc(NC(=O)c2cc(N3CC[C@H](CN(C)C)C3)cc(C(F)(F)F)c2)cc1C#Cc1cnc(C(N)=O)s1.Cc1cn(-c2cc(C(=O)Nc3ccc(C)c(C#Cc4cncn4C)c3)cc(C(F)(F)F)c2)cn1. The normalized spacial score (nSPS) is 12.5. The van der Waals surface area contributed by atoms with Crippen molar-refractivity contribution in [2.75, 3.05) is 75.2 Å². The van der Waals surface area contributed by atoms with Gasteiger partial charge in [-0.1, -0.05) is 42.0 Å². The fourth-order valence-corrected chi connectivity index (χ4v) is 12.0. The van der Waals surface area contributed by atoms with E-state index in [0.29, 0.717) is 63.3 Å². The number of alkyl halides is 9. The number of aryl methyl sites for hydroxylation is 5. The van der Waals surface area contributed by atoms with Crippen LogP contribution in [0.25, 0.3) is 11.4 Å². The molecule has 1 aliphatic heterocycles. The number of primary amides is 1. The molecule has 1 saturated heterocycles. The number of nitrogens with two attached hydrogens (primary N) is 1. The van der Waals surface area contributed by atoms with Crippen LogP contribution in [-0.2, 0) is 36.8 Å². The van der Waals surface area contributed by atoms with Gasteiger partial charge in [-0.2, -0.15) is 44.8 Å². The molecule has 4 amide bonds. The maximum Gasteiger partial charge on any atom is 0.433 e. The summed E-state index contributed by atoms with van der Waals surface area (Å²) in [5.41, 5.74) is 9.27. The Balaban J connectivity index is 0.000000182. The molecule has 6 aromatic heterocycles. The van der Waals surface area contributed by atoms with Crippen LogP contribution in [0.2, 0.25) is 0 Å². The van der Waals surface area contributed by atoms with Gasteiger partial charge in [0, 0.05) is 95.2 Å². The summed E-state index contributed by atoms with van der Waals surface area (Å²) >= 11 is 1.07. The van der Waals surface area contributed by atoms with Gasteiger partial charge in [0.1, 0.15) is 23.8 Å². The number of thiazole rings is 1. The van der Waals surface area contributed by atoms with Crippen LogP contribution in [0, 0.1) is 80.5 Å². The number of anilines is 4. The number of benzene rings is 5. The molecule has 11 aromatic rings. The number of pyridine rings is 1. The van der Waals surface area contributed by atoms with Crippen molar-refractivity contribution in [3.8, 4) is 53.0 Å². The first kappa shape index (κ1) is 83.0. The van der Waals surface area contributed by atoms with Gasteiger partial charge >= 0.3 is 24.5 Å². The lowest BCUT2D eigenvalue weighted by atomic mass is 10.00. The van der Waals surface area contributed by atoms with Crippen LogP contribution in [0.5, 0.6) is 0 Å². The van der Waals surface area contributed by atoms with Crippen molar-refractivity contribution >= 4 is 63.8 Å². The minimum absolute atomic E-state index is 0.00528. The number of hydrogen-bond donors (Lipinski definition) is 4. The highest BCUT2D eigenvalue weighted by molar-refractivity contribution is 7.14. The Morgan fingerprint density at radius 1 is 0.614 bits per heavy atom. The standard InChI is InChI=1S/C28H22F3N7O3.C28H28F3N5O2S.C25H20F3N5O/c1-17-4-5-19(8-18(17)6-7-23-13-33-27(41-23)36-26(40)15-37(2)3)24(39)10-20-9-22(11-25(35-20)28(29,30)31)38-14-21(12-32)34-16-38;1-17-4-6-22(11-19(17)5-7-24-14-33-27(39-24)25(32)37)34-26(38)20-10-21(28(29,30)31)13-23(12-20)36-9-8-18(16-36)15-35(2)3;1-16-4-6-21(9-18(16)5-7-22-12-29-14-32(22)3)31-24(34)19-8-20(25(26,27)28)11-23(10-19)33-13-17(2)30-15-33/h4-5,8-9,11,13-14,16H,10,15H2,1-3H3,(H,33,36,40);4,6,10-14,18H,8-9,15-16H2,1-3H3,(H2,32,37)(H,34,38);4,6,8-15H,1-3H3,(H,31,34)/t;18-;/m.1./s1. The number of hydrogen-bond acceptors (Lipinski definition) is 17. The fourth-order valence-electron chi connectivity index (χ4n) is 11.3. The largest absolute Gasteiger partial charge is 0.433 e. The number of nitrogens with zero attached hydrogens (tertiary/aromatic N) is 13. The van der Waals surface area contributed by atoms with E-state index in [2.05, 4.69) is 86.3 Å². The van der Waals surface area contributed by atoms with Crippen LogP contribution in [0.3, 0.4) is 0 Å². The molecule has 0 radical (unpaired) electrons. The molecular formula is C81H70F9N17O6S. The maximum atomic E-state index is 13.7. The topological polar surface area (TPSA) is 286 Å². The molecule has 23 nitrogen and oxygen atoms in total. The zero-order chi connectivity index (χ0) is 82.5. The highest BCUT2D eigenvalue weighted by atomic mass is 32.1. The van der Waals surface area contributed by atoms with Crippen LogP contribution in [0.4, 0.5) is 62.6 Å². The number of carbonyl (C=O) groups is 5. The van der Waals surface area contributed by atoms with E-state index in [9.17, 15) is 63.5 Å². The van der Waals surface area contributed by atoms with Gasteiger partial charge in [0.25, 0.3) is 17.7 Å². The van der Waals surface area contributed by atoms with Gasteiger partial charge in [-0.05, 0) is 182 Å². The Morgan fingerprint density at radius 3 is 1.76 bits per heavy atom. The average Bonchev–Trinajstić information content (AvgIpc) is 1.34. The molecule has 0 aliphatic carbocycles. The highest BCUT2D eigenvalue weighted by Gasteiger charge is 2.36. The number of halogens is 9. The molecule has 33 heteroatoms. The molecule has 1 fully saturated rings. The number of amides is 4. The summed E-state index contributed by atoms with van der Waals surface area (Å²) < 4.78 is 132. The van der Waals surface area contributed by atoms with E-state index in [1.807, 2.05) is 46.0 Å². The van der Waals surface area contributed by atoms with Crippen molar-refractivity contribution in [3.63, 3.8) is 0 Å². The van der Waals surface area contributed by atoms with E-state index >= 15 is 0 Å². The number of likely N-dealkylation sites (N-methyl/N-ethyl adjacent to an activating group) is 1. The summed E-state index contributed by atoms with van der Waals surface area (Å²) in [5.74, 6) is 15.4. The van der Waals surface area contributed by atoms with Crippen molar-refractivity contribution in [2.24, 2.45) is 18.7 Å². The molecule has 0 bridgehead atoms. The predicted octanol–water partition coefficient (Wildman–Crippen LogP) is 13.3. The number of ketones is 1. The minimum atomic E-state index is -4.76. The summed E-state index contributed by atoms with van der Waals surface area (Å²) in [5, 5.41) is 17.0. The lowest BCUT2D eigenvalue weighted by Gasteiger charge is -2.22. The third-order valence-electron chi connectivity index (χ3n) is 17.1. The van der Waals surface area contributed by atoms with Gasteiger partial charge in [0.15, 0.2) is 22.2 Å². The molecule has 5 aromatic carbocycles. The second kappa shape index (κ2) is 35.7. The van der Waals surface area contributed by atoms with Crippen LogP contribution in [0.15, 0.2) is 158 Å². The number of carbonyl (C=O) groups excluding carboxylic acids is 5. The maximum absolute atomic E-state index is 13.7. The first-order chi connectivity index (χ1) is 53.9. The molecule has 0 spiro atoms. The average molecular weight is 1580 g/mol. The number of rotatable bonds is 16. The molecule has 0 saturated carbocycles. The molecular weight excluding hydrogens is 1510 g/mol. The monoisotopic (exact) mass is 1580 g/mol. The second-order valence-electron chi connectivity index (χ2n) is 26.7. The van der Waals surface area contributed by atoms with E-state index in [4.69, 9.17) is 15.4 Å². The summed E-state index contributed by atoms with van der Waals surface area (Å²) in [7, 11) is 9.25. The van der Waals surface area contributed by atoms with Crippen molar-refractivity contribution in [1.29, 1.82) is 5.26 Å². The fraction of sp³-hybridized carbons (Fsp3) is 0.235. The van der Waals surface area contributed by atoms with E-state index in [-0.39, 0.29) is 68.7 Å². The van der Waals surface area contributed by atoms with Gasteiger partial charge in [0.05, 0.1) is 77.3 Å². The number of Topliss-reactive ketones (excluding diaryl/α,β-unsaturated/α-hetero) is 1. The highest BCUT2D eigenvalue weighted by Crippen LogP contribution is 2.37. The van der Waals surface area contributed by atoms with Gasteiger partial charge in [-0.25, -0.2) is 29.9 Å². The van der Waals surface area contributed by atoms with E-state index in [1.54, 1.807) is 105 Å². The second-order valence-corrected chi connectivity index (χ2v) is 27.8. The first-order valence-corrected chi connectivity index (χ1v) is 35.3. The Kier molecular flexibility index (Phi) is 26.0. The van der Waals surface area contributed by atoms with E-state index in [1.165, 1.54) is 64.6 Å². The lowest BCUT2D eigenvalue weighted by Crippen LogP contribution is -2.27. The van der Waals surface area contributed by atoms with E-state index < -0.39 is 65.3 Å². The Labute approximate surface area is 651 Å². The van der Waals surface area contributed by atoms with Crippen molar-refractivity contribution in [1.82, 2.24) is 53.4 Å². The van der Waals surface area contributed by atoms with Crippen LogP contribution in [0.1, 0.15) is 131 Å². The smallest absolute Gasteiger partial charge is 0.415 e. The number of nitriles is 1. The predicted molar refractivity (Wildman–Crippen MR) is 408 cm³/mol. The first-order valence-electron chi connectivity index (χ1n) is 34.4. The molecule has 5 N–H and O–H groups in total. The quantitative estimate of drug-likeness (QED) is 0.0397. The van der Waals surface area contributed by atoms with Crippen molar-refractivity contribution in [2.45, 2.75) is 59.1 Å². The molecule has 7 heterocycles. The van der Waals surface area contributed by atoms with Crippen LogP contribution < -0.4 is 26.6 Å². The Hall–Kier alpha value is -13.5. The molecule has 1 aliphatic rings. The van der Waals surface area contributed by atoms with Crippen LogP contribution in [-0.4, -0.2) is 137 Å². The Morgan fingerprint density at radius 2 is 1.20 bits per heavy atom. The summed E-state index contributed by atoms with van der Waals surface area (Å²) in [6.45, 7) is 9.48. The summed E-state index contributed by atoms with van der Waals surface area (Å²) in [6, 6.07) is 25.6. The number of oxazole rings is 1. The number of aromatic nitrogens is 9. The zero-order valence-electron chi connectivity index (χ0n) is 62.4. The molecule has 0 unspecified atom stereocenters. The van der Waals surface area contributed by atoms with Gasteiger partial charge in [-0.15, -0.1) is 11.3 Å². The summed E-state index contributed by atoms with van der Waals surface area (Å²) in [6.07, 6.45) is -1.95. The Bertz CT molecular complexity index is 5710. The summed E-state index contributed by atoms with van der Waals surface area (Å²) in [4.78, 5) is 91.9.